The lowest BCUT2D eigenvalue weighted by Crippen LogP contribution is -2.18. The van der Waals surface area contributed by atoms with Crippen LogP contribution in [-0.4, -0.2) is 9.79 Å². The molecule has 14 heavy (non-hydrogen) atoms. The summed E-state index contributed by atoms with van der Waals surface area (Å²) in [7, 11) is -4.52. The topological polar surface area (TPSA) is 81.6 Å². The van der Waals surface area contributed by atoms with Crippen molar-refractivity contribution in [2.45, 2.75) is 0 Å². The van der Waals surface area contributed by atoms with Gasteiger partial charge in [-0.2, -0.15) is 0 Å². The van der Waals surface area contributed by atoms with E-state index in [1.807, 2.05) is 5.43 Å². The molecule has 0 saturated heterocycles. The van der Waals surface area contributed by atoms with Gasteiger partial charge in [-0.1, -0.05) is 0 Å². The zero-order chi connectivity index (χ0) is 10.8. The molecule has 0 aromatic heterocycles. The van der Waals surface area contributed by atoms with Crippen molar-refractivity contribution in [3.8, 4) is 0 Å². The van der Waals surface area contributed by atoms with Gasteiger partial charge in [0, 0.05) is 6.07 Å². The van der Waals surface area contributed by atoms with E-state index in [-0.39, 0.29) is 5.69 Å². The van der Waals surface area contributed by atoms with Crippen molar-refractivity contribution in [3.05, 3.63) is 29.8 Å². The predicted octanol–water partition coefficient (Wildman–Crippen LogP) is 0.974. The molecule has 0 unspecified atom stereocenters. The summed E-state index contributed by atoms with van der Waals surface area (Å²) in [6, 6.07) is 2.48. The Morgan fingerprint density at radius 3 is 2.50 bits per heavy atom. The molecule has 5 nitrogen and oxygen atoms in total. The van der Waals surface area contributed by atoms with Crippen molar-refractivity contribution in [2.75, 3.05) is 5.43 Å². The van der Waals surface area contributed by atoms with Gasteiger partial charge in [0.2, 0.25) is 0 Å². The SMILES string of the molecule is O=P(O)(O)NNc1cc(F)ccc1F. The van der Waals surface area contributed by atoms with Crippen LogP contribution < -0.4 is 10.6 Å². The molecule has 8 heteroatoms. The number of nitrogens with one attached hydrogen (secondary N) is 2. The van der Waals surface area contributed by atoms with Crippen LogP contribution in [0.2, 0.25) is 0 Å². The Hall–Kier alpha value is -1.01. The van der Waals surface area contributed by atoms with Gasteiger partial charge in [0.25, 0.3) is 0 Å². The summed E-state index contributed by atoms with van der Waals surface area (Å²) in [6.45, 7) is 0. The summed E-state index contributed by atoms with van der Waals surface area (Å²) in [5, 5.41) is 1.52. The van der Waals surface area contributed by atoms with E-state index in [4.69, 9.17) is 9.79 Å². The lowest BCUT2D eigenvalue weighted by Gasteiger charge is -2.09. The van der Waals surface area contributed by atoms with Crippen molar-refractivity contribution in [1.29, 1.82) is 0 Å². The predicted molar refractivity (Wildman–Crippen MR) is 45.2 cm³/mol. The highest BCUT2D eigenvalue weighted by molar-refractivity contribution is 7.49. The van der Waals surface area contributed by atoms with Crippen LogP contribution in [-0.2, 0) is 4.57 Å². The third-order valence-corrected chi connectivity index (χ3v) is 1.67. The maximum atomic E-state index is 12.8. The zero-order valence-electron chi connectivity index (χ0n) is 6.74. The normalized spacial score (nSPS) is 11.4. The fourth-order valence-electron chi connectivity index (χ4n) is 0.726. The summed E-state index contributed by atoms with van der Waals surface area (Å²) in [5.74, 6) is -1.55. The Labute approximate surface area is 77.9 Å². The molecule has 0 aliphatic rings. The summed E-state index contributed by atoms with van der Waals surface area (Å²) >= 11 is 0. The maximum Gasteiger partial charge on any atom is 0.417 e. The summed E-state index contributed by atoms with van der Waals surface area (Å²) in [4.78, 5) is 16.7. The molecule has 1 rings (SSSR count). The molecule has 1 aromatic rings. The standard InChI is InChI=1S/C6H7F2N2O3P/c7-4-1-2-5(8)6(3-4)9-10-14(11,12)13/h1-3,9H,(H3,10,11,12,13). The molecule has 0 radical (unpaired) electrons. The van der Waals surface area contributed by atoms with Crippen LogP contribution in [0.1, 0.15) is 0 Å². The second-order valence-corrected chi connectivity index (χ2v) is 3.72. The zero-order valence-corrected chi connectivity index (χ0v) is 7.63. The highest BCUT2D eigenvalue weighted by atomic mass is 31.2. The van der Waals surface area contributed by atoms with Gasteiger partial charge >= 0.3 is 7.75 Å². The number of hydrazine groups is 1. The van der Waals surface area contributed by atoms with Crippen LogP contribution in [0.5, 0.6) is 0 Å². The average Bonchev–Trinajstić information content (AvgIpc) is 2.05. The fourth-order valence-corrected chi connectivity index (χ4v) is 0.992. The third kappa shape index (κ3) is 3.39. The van der Waals surface area contributed by atoms with Crippen LogP contribution in [0.3, 0.4) is 0 Å². The van der Waals surface area contributed by atoms with E-state index in [0.29, 0.717) is 0 Å². The van der Waals surface area contributed by atoms with Gasteiger partial charge in [0.05, 0.1) is 5.69 Å². The smallest absolute Gasteiger partial charge is 0.311 e. The van der Waals surface area contributed by atoms with Crippen LogP contribution in [0.25, 0.3) is 0 Å². The van der Waals surface area contributed by atoms with Crippen LogP contribution in [0.4, 0.5) is 14.5 Å². The number of hydrogen-bond acceptors (Lipinski definition) is 2. The molecule has 78 valence electrons. The lowest BCUT2D eigenvalue weighted by molar-refractivity contribution is 0.362. The van der Waals surface area contributed by atoms with Gasteiger partial charge in [0.1, 0.15) is 11.6 Å². The minimum atomic E-state index is -4.52. The Bertz CT molecular complexity index is 381. The minimum absolute atomic E-state index is 0.381. The van der Waals surface area contributed by atoms with Crippen LogP contribution in [0.15, 0.2) is 18.2 Å². The van der Waals surface area contributed by atoms with Crippen molar-refractivity contribution in [2.24, 2.45) is 0 Å². The first-order chi connectivity index (χ1) is 6.38. The molecule has 4 N–H and O–H groups in total. The monoisotopic (exact) mass is 224 g/mol. The van der Waals surface area contributed by atoms with Crippen LogP contribution in [0, 0.1) is 11.6 Å². The molecule has 0 aliphatic heterocycles. The highest BCUT2D eigenvalue weighted by Crippen LogP contribution is 2.28. The molecule has 0 atom stereocenters. The van der Waals surface area contributed by atoms with E-state index in [9.17, 15) is 13.3 Å². The Balaban J connectivity index is 2.76. The number of rotatable bonds is 3. The van der Waals surface area contributed by atoms with Crippen molar-refractivity contribution in [3.63, 3.8) is 0 Å². The molecule has 0 spiro atoms. The number of halogens is 2. The quantitative estimate of drug-likeness (QED) is 0.454. The first-order valence-electron chi connectivity index (χ1n) is 3.42. The van der Waals surface area contributed by atoms with Crippen LogP contribution >= 0.6 is 7.75 Å². The van der Waals surface area contributed by atoms with Crippen molar-refractivity contribution in [1.82, 2.24) is 5.20 Å². The van der Waals surface area contributed by atoms with Crippen molar-refractivity contribution < 1.29 is 23.1 Å². The molecule has 0 saturated carbocycles. The third-order valence-electron chi connectivity index (χ3n) is 1.26. The van der Waals surface area contributed by atoms with E-state index >= 15 is 0 Å². The van der Waals surface area contributed by atoms with Crippen molar-refractivity contribution >= 4 is 13.4 Å². The molecular formula is C6H7F2N2O3P. The maximum absolute atomic E-state index is 12.8. The van der Waals surface area contributed by atoms with Gasteiger partial charge < -0.3 is 15.2 Å². The first kappa shape index (κ1) is 11.1. The van der Waals surface area contributed by atoms with Gasteiger partial charge in [0.15, 0.2) is 0 Å². The Morgan fingerprint density at radius 1 is 1.29 bits per heavy atom. The Kier molecular flexibility index (Phi) is 3.17. The fraction of sp³-hybridized carbons (Fsp3) is 0. The minimum Gasteiger partial charge on any atom is -0.311 e. The number of benzene rings is 1. The first-order valence-corrected chi connectivity index (χ1v) is 5.03. The summed E-state index contributed by atoms with van der Waals surface area (Å²) in [6.07, 6.45) is 0. The Morgan fingerprint density at radius 2 is 1.93 bits per heavy atom. The molecule has 1 aromatic carbocycles. The van der Waals surface area contributed by atoms with Gasteiger partial charge in [-0.3, -0.25) is 0 Å². The molecule has 0 bridgehead atoms. The largest absolute Gasteiger partial charge is 0.417 e. The van der Waals surface area contributed by atoms with E-state index in [1.54, 1.807) is 0 Å². The molecular weight excluding hydrogens is 217 g/mol. The molecule has 0 fully saturated rings. The highest BCUT2D eigenvalue weighted by Gasteiger charge is 2.12. The number of hydrogen-bond donors (Lipinski definition) is 4. The lowest BCUT2D eigenvalue weighted by atomic mass is 10.3. The van der Waals surface area contributed by atoms with Gasteiger partial charge in [-0.05, 0) is 12.1 Å². The van der Waals surface area contributed by atoms with E-state index < -0.39 is 19.4 Å². The summed E-state index contributed by atoms with van der Waals surface area (Å²) in [5.41, 5.74) is 1.48. The van der Waals surface area contributed by atoms with E-state index in [0.717, 1.165) is 18.2 Å². The van der Waals surface area contributed by atoms with Gasteiger partial charge in [-0.25, -0.2) is 13.3 Å². The second kappa shape index (κ2) is 4.02. The summed E-state index contributed by atoms with van der Waals surface area (Å²) < 4.78 is 35.7. The van der Waals surface area contributed by atoms with E-state index in [1.165, 1.54) is 5.20 Å². The van der Waals surface area contributed by atoms with Gasteiger partial charge in [-0.15, -0.1) is 5.20 Å². The second-order valence-electron chi connectivity index (χ2n) is 2.41. The molecule has 0 amide bonds. The average molecular weight is 224 g/mol. The van der Waals surface area contributed by atoms with E-state index in [2.05, 4.69) is 0 Å². The molecule has 0 heterocycles. The molecule has 0 aliphatic carbocycles. The number of anilines is 1.